The fourth-order valence-corrected chi connectivity index (χ4v) is 4.75. The molecular weight excluding hydrogens is 466 g/mol. The van der Waals surface area contributed by atoms with Gasteiger partial charge in [0.05, 0.1) is 5.56 Å². The van der Waals surface area contributed by atoms with Crippen molar-refractivity contribution < 1.29 is 29.0 Å². The van der Waals surface area contributed by atoms with E-state index >= 15 is 0 Å². The maximum Gasteiger partial charge on any atom is 0.408 e. The number of alkyl carbamates (subject to hydrolysis) is 1. The molecule has 2 aliphatic rings. The predicted molar refractivity (Wildman–Crippen MR) is 130 cm³/mol. The zero-order valence-corrected chi connectivity index (χ0v) is 21.1. The van der Waals surface area contributed by atoms with E-state index in [1.807, 2.05) is 6.07 Å². The first-order chi connectivity index (χ1) is 16.9. The van der Waals surface area contributed by atoms with E-state index < -0.39 is 29.1 Å². The molecule has 1 saturated carbocycles. The molecule has 196 valence electrons. The van der Waals surface area contributed by atoms with Crippen molar-refractivity contribution in [3.8, 4) is 6.07 Å². The van der Waals surface area contributed by atoms with Crippen molar-refractivity contribution in [1.82, 2.24) is 15.2 Å². The summed E-state index contributed by atoms with van der Waals surface area (Å²) in [5, 5.41) is 20.8. The van der Waals surface area contributed by atoms with Gasteiger partial charge in [0.15, 0.2) is 0 Å². The Balaban J connectivity index is 0.000000346. The number of hydrogen-bond donors (Lipinski definition) is 3. The summed E-state index contributed by atoms with van der Waals surface area (Å²) >= 11 is 0. The van der Waals surface area contributed by atoms with Gasteiger partial charge in [-0.3, -0.25) is 9.59 Å². The number of carbonyl (C=O) groups excluding carboxylic acids is 3. The van der Waals surface area contributed by atoms with Gasteiger partial charge in [-0.1, -0.05) is 19.3 Å². The van der Waals surface area contributed by atoms with E-state index in [0.717, 1.165) is 32.1 Å². The molecule has 0 bridgehead atoms. The van der Waals surface area contributed by atoms with Gasteiger partial charge in [-0.25, -0.2) is 14.6 Å². The highest BCUT2D eigenvalue weighted by atomic mass is 16.6. The molecule has 4 N–H and O–H groups in total. The summed E-state index contributed by atoms with van der Waals surface area (Å²) in [6, 6.07) is 4.79. The number of hydrogen-bond acceptors (Lipinski definition) is 7. The van der Waals surface area contributed by atoms with Crippen LogP contribution in [-0.4, -0.2) is 63.1 Å². The third-order valence-corrected chi connectivity index (χ3v) is 6.30. The molecular formula is C25H35N5O6. The molecule has 1 aromatic heterocycles. The first-order valence-corrected chi connectivity index (χ1v) is 12.1. The average Bonchev–Trinajstić information content (AvgIpc) is 3.29. The standard InChI is InChI=1S/C18H30N2O5.C7H5N3O/c1-17(2,3)25-16(24)19-12-14(21)20-11-7-10-18(20,15(22)23)13-8-5-4-6-9-13;8-3-5-1-2-6(7(9)11)10-4-5/h13H,4-12H2,1-3H3,(H,19,24)(H,22,23);1-2,4H,(H2,9,11)/t18-;/m1./s1. The van der Waals surface area contributed by atoms with Crippen LogP contribution >= 0.6 is 0 Å². The van der Waals surface area contributed by atoms with Crippen LogP contribution in [0, 0.1) is 17.2 Å². The first-order valence-electron chi connectivity index (χ1n) is 12.1. The minimum absolute atomic E-state index is 0.00766. The topological polar surface area (TPSA) is 176 Å². The number of aromatic nitrogens is 1. The van der Waals surface area contributed by atoms with Crippen LogP contribution < -0.4 is 11.1 Å². The van der Waals surface area contributed by atoms with Crippen molar-refractivity contribution in [2.45, 2.75) is 76.9 Å². The number of nitrogens with one attached hydrogen (secondary N) is 1. The highest BCUT2D eigenvalue weighted by Crippen LogP contribution is 2.43. The quantitative estimate of drug-likeness (QED) is 0.551. The number of ether oxygens (including phenoxy) is 1. The Morgan fingerprint density at radius 1 is 1.22 bits per heavy atom. The summed E-state index contributed by atoms with van der Waals surface area (Å²) < 4.78 is 5.13. The van der Waals surface area contributed by atoms with Crippen molar-refractivity contribution in [1.29, 1.82) is 5.26 Å². The molecule has 1 atom stereocenters. The second kappa shape index (κ2) is 12.3. The summed E-state index contributed by atoms with van der Waals surface area (Å²) in [4.78, 5) is 52.2. The van der Waals surface area contributed by atoms with Gasteiger partial charge in [0, 0.05) is 12.7 Å². The normalized spacial score (nSPS) is 19.9. The smallest absolute Gasteiger partial charge is 0.408 e. The molecule has 11 nitrogen and oxygen atoms in total. The van der Waals surface area contributed by atoms with Crippen LogP contribution in [0.2, 0.25) is 0 Å². The van der Waals surface area contributed by atoms with E-state index in [2.05, 4.69) is 10.3 Å². The number of carboxylic acid groups (broad SMARTS) is 1. The highest BCUT2D eigenvalue weighted by Gasteiger charge is 2.54. The highest BCUT2D eigenvalue weighted by molar-refractivity contribution is 5.91. The summed E-state index contributed by atoms with van der Waals surface area (Å²) in [5.41, 5.74) is 3.74. The summed E-state index contributed by atoms with van der Waals surface area (Å²) in [7, 11) is 0. The van der Waals surface area contributed by atoms with Crippen LogP contribution in [0.1, 0.15) is 81.8 Å². The van der Waals surface area contributed by atoms with Gasteiger partial charge in [-0.15, -0.1) is 0 Å². The van der Waals surface area contributed by atoms with Crippen LogP contribution in [0.3, 0.4) is 0 Å². The van der Waals surface area contributed by atoms with Gasteiger partial charge in [0.2, 0.25) is 5.91 Å². The Bertz CT molecular complexity index is 992. The molecule has 36 heavy (non-hydrogen) atoms. The van der Waals surface area contributed by atoms with Gasteiger partial charge in [-0.05, 0) is 64.5 Å². The first kappa shape index (κ1) is 28.6. The van der Waals surface area contributed by atoms with Crippen molar-refractivity contribution >= 4 is 23.9 Å². The van der Waals surface area contributed by atoms with E-state index in [-0.39, 0.29) is 24.1 Å². The number of primary amides is 1. The molecule has 2 heterocycles. The number of amides is 3. The number of nitrogens with zero attached hydrogens (tertiary/aromatic N) is 3. The lowest BCUT2D eigenvalue weighted by Gasteiger charge is -2.42. The van der Waals surface area contributed by atoms with Crippen molar-refractivity contribution in [3.63, 3.8) is 0 Å². The third-order valence-electron chi connectivity index (χ3n) is 6.30. The molecule has 1 aliphatic heterocycles. The number of rotatable bonds is 5. The number of nitriles is 1. The maximum absolute atomic E-state index is 12.7. The van der Waals surface area contributed by atoms with Gasteiger partial charge in [0.25, 0.3) is 5.91 Å². The fraction of sp³-hybridized carbons (Fsp3) is 0.600. The Labute approximate surface area is 211 Å². The number of pyridine rings is 1. The second-order valence-electron chi connectivity index (χ2n) is 9.98. The summed E-state index contributed by atoms with van der Waals surface area (Å²) in [6.07, 6.45) is 6.65. The zero-order valence-electron chi connectivity index (χ0n) is 21.1. The molecule has 3 amide bonds. The number of aliphatic carboxylic acids is 1. The Morgan fingerprint density at radius 3 is 2.39 bits per heavy atom. The average molecular weight is 502 g/mol. The van der Waals surface area contributed by atoms with Gasteiger partial charge in [0.1, 0.15) is 29.4 Å². The van der Waals surface area contributed by atoms with Crippen molar-refractivity contribution in [2.75, 3.05) is 13.1 Å². The summed E-state index contributed by atoms with van der Waals surface area (Å²) in [5.74, 6) is -1.86. The van der Waals surface area contributed by atoms with Gasteiger partial charge < -0.3 is 25.8 Å². The number of carboxylic acids is 1. The van der Waals surface area contributed by atoms with E-state index in [1.165, 1.54) is 23.2 Å². The lowest BCUT2D eigenvalue weighted by atomic mass is 9.73. The Kier molecular flexibility index (Phi) is 9.78. The summed E-state index contributed by atoms with van der Waals surface area (Å²) in [6.45, 7) is 5.42. The number of nitrogens with two attached hydrogens (primary N) is 1. The number of likely N-dealkylation sites (tertiary alicyclic amines) is 1. The van der Waals surface area contributed by atoms with Crippen molar-refractivity contribution in [2.24, 2.45) is 11.7 Å². The molecule has 3 rings (SSSR count). The predicted octanol–water partition coefficient (Wildman–Crippen LogP) is 2.59. The Morgan fingerprint density at radius 2 is 1.89 bits per heavy atom. The molecule has 1 aliphatic carbocycles. The van der Waals surface area contributed by atoms with Gasteiger partial charge in [-0.2, -0.15) is 5.26 Å². The largest absolute Gasteiger partial charge is 0.479 e. The van der Waals surface area contributed by atoms with Crippen LogP contribution in [0.5, 0.6) is 0 Å². The van der Waals surface area contributed by atoms with Crippen LogP contribution in [-0.2, 0) is 14.3 Å². The minimum Gasteiger partial charge on any atom is -0.479 e. The monoisotopic (exact) mass is 501 g/mol. The molecule has 0 unspecified atom stereocenters. The molecule has 1 aromatic rings. The van der Waals surface area contributed by atoms with Gasteiger partial charge >= 0.3 is 12.1 Å². The van der Waals surface area contributed by atoms with Crippen molar-refractivity contribution in [3.05, 3.63) is 29.6 Å². The molecule has 0 radical (unpaired) electrons. The maximum atomic E-state index is 12.7. The lowest BCUT2D eigenvalue weighted by molar-refractivity contribution is -0.161. The molecule has 0 aromatic carbocycles. The molecule has 2 fully saturated rings. The fourth-order valence-electron chi connectivity index (χ4n) is 4.75. The van der Waals surface area contributed by atoms with E-state index in [0.29, 0.717) is 24.9 Å². The second-order valence-corrected chi connectivity index (χ2v) is 9.98. The molecule has 1 saturated heterocycles. The van der Waals surface area contributed by atoms with Crippen LogP contribution in [0.4, 0.5) is 4.79 Å². The van der Waals surface area contributed by atoms with E-state index in [1.54, 1.807) is 20.8 Å². The van der Waals surface area contributed by atoms with E-state index in [4.69, 9.17) is 15.7 Å². The number of carbonyl (C=O) groups is 4. The Hall–Kier alpha value is -3.68. The minimum atomic E-state index is -1.12. The van der Waals surface area contributed by atoms with Crippen LogP contribution in [0.25, 0.3) is 0 Å². The molecule has 0 spiro atoms. The SMILES string of the molecule is CC(C)(C)OC(=O)NCC(=O)N1CCC[C@]1(C(=O)O)C1CCCCC1.N#Cc1ccc(C(N)=O)nc1. The zero-order chi connectivity index (χ0) is 26.9. The van der Waals surface area contributed by atoms with Crippen LogP contribution in [0.15, 0.2) is 18.3 Å². The lowest BCUT2D eigenvalue weighted by Crippen LogP contribution is -2.59. The van der Waals surface area contributed by atoms with E-state index in [9.17, 15) is 24.3 Å². The molecule has 11 heteroatoms. The third kappa shape index (κ3) is 7.41.